The summed E-state index contributed by atoms with van der Waals surface area (Å²) in [5.41, 5.74) is 9.18. The lowest BCUT2D eigenvalue weighted by atomic mass is 10.1. The molecule has 0 aromatic carbocycles. The highest BCUT2D eigenvalue weighted by atomic mass is 15.0. The van der Waals surface area contributed by atoms with Crippen molar-refractivity contribution in [3.05, 3.63) is 17.0 Å². The molecule has 0 amide bonds. The summed E-state index contributed by atoms with van der Waals surface area (Å²) in [5, 5.41) is 8.78. The van der Waals surface area contributed by atoms with Gasteiger partial charge in [-0.1, -0.05) is 20.8 Å². The van der Waals surface area contributed by atoms with Gasteiger partial charge in [-0.2, -0.15) is 5.26 Å². The van der Waals surface area contributed by atoms with Crippen LogP contribution in [-0.4, -0.2) is 4.57 Å². The standard InChI is InChI=1S/C9H13N3.C2H6/c1-4-7-6(2)12(3)8(5-10)9(7)11;1-2/h4,11H2,1-3H3;1-2H3. The summed E-state index contributed by atoms with van der Waals surface area (Å²) in [6.07, 6.45) is 0.882. The van der Waals surface area contributed by atoms with E-state index in [4.69, 9.17) is 11.0 Å². The molecule has 1 heterocycles. The molecule has 3 nitrogen and oxygen atoms in total. The molecule has 0 saturated heterocycles. The first-order chi connectivity index (χ1) is 6.63. The van der Waals surface area contributed by atoms with Crippen molar-refractivity contribution in [3.63, 3.8) is 0 Å². The van der Waals surface area contributed by atoms with Gasteiger partial charge in [0, 0.05) is 12.7 Å². The van der Waals surface area contributed by atoms with Gasteiger partial charge in [0.15, 0.2) is 0 Å². The molecule has 1 aromatic heterocycles. The maximum Gasteiger partial charge on any atom is 0.143 e. The van der Waals surface area contributed by atoms with E-state index in [0.717, 1.165) is 17.7 Å². The first kappa shape index (κ1) is 12.6. The molecule has 0 unspecified atom stereocenters. The normalized spacial score (nSPS) is 8.86. The molecule has 0 aliphatic carbocycles. The van der Waals surface area contributed by atoms with E-state index in [0.29, 0.717) is 11.4 Å². The van der Waals surface area contributed by atoms with Gasteiger partial charge in [0.2, 0.25) is 0 Å². The third-order valence-corrected chi connectivity index (χ3v) is 2.31. The van der Waals surface area contributed by atoms with Crippen molar-refractivity contribution in [2.75, 3.05) is 5.73 Å². The third-order valence-electron chi connectivity index (χ3n) is 2.31. The SMILES string of the molecule is CC.CCc1c(N)c(C#N)n(C)c1C. The Balaban J connectivity index is 0.000000791. The fourth-order valence-electron chi connectivity index (χ4n) is 1.47. The number of anilines is 1. The zero-order valence-electron chi connectivity index (χ0n) is 9.68. The Morgan fingerprint density at radius 2 is 1.93 bits per heavy atom. The molecule has 1 rings (SSSR count). The van der Waals surface area contributed by atoms with Crippen LogP contribution in [0.25, 0.3) is 0 Å². The van der Waals surface area contributed by atoms with Gasteiger partial charge in [-0.05, 0) is 18.9 Å². The van der Waals surface area contributed by atoms with E-state index in [9.17, 15) is 0 Å². The Bertz CT molecular complexity index is 342. The van der Waals surface area contributed by atoms with Crippen LogP contribution in [0.15, 0.2) is 0 Å². The van der Waals surface area contributed by atoms with Crippen LogP contribution in [-0.2, 0) is 13.5 Å². The monoisotopic (exact) mass is 193 g/mol. The number of nitriles is 1. The summed E-state index contributed by atoms with van der Waals surface area (Å²) in [6.45, 7) is 8.02. The van der Waals surface area contributed by atoms with Gasteiger partial charge in [0.25, 0.3) is 0 Å². The molecule has 0 radical (unpaired) electrons. The Kier molecular flexibility index (Phi) is 4.79. The third kappa shape index (κ3) is 1.90. The van der Waals surface area contributed by atoms with E-state index in [1.807, 2.05) is 39.3 Å². The zero-order chi connectivity index (χ0) is 11.3. The fraction of sp³-hybridized carbons (Fsp3) is 0.545. The van der Waals surface area contributed by atoms with E-state index in [1.54, 1.807) is 0 Å². The molecule has 0 bridgehead atoms. The highest BCUT2D eigenvalue weighted by Crippen LogP contribution is 2.23. The zero-order valence-corrected chi connectivity index (χ0v) is 9.68. The molecular formula is C11H19N3. The van der Waals surface area contributed by atoms with Gasteiger partial charge in [-0.25, -0.2) is 0 Å². The van der Waals surface area contributed by atoms with Crippen molar-refractivity contribution in [3.8, 4) is 6.07 Å². The Hall–Kier alpha value is -1.43. The van der Waals surface area contributed by atoms with Crippen molar-refractivity contribution in [1.82, 2.24) is 4.57 Å². The second-order valence-corrected chi connectivity index (χ2v) is 2.85. The van der Waals surface area contributed by atoms with Crippen LogP contribution in [0.5, 0.6) is 0 Å². The van der Waals surface area contributed by atoms with Gasteiger partial charge in [-0.15, -0.1) is 0 Å². The smallest absolute Gasteiger partial charge is 0.143 e. The number of hydrogen-bond donors (Lipinski definition) is 1. The van der Waals surface area contributed by atoms with Crippen LogP contribution in [0.4, 0.5) is 5.69 Å². The Morgan fingerprint density at radius 3 is 2.14 bits per heavy atom. The molecule has 0 atom stereocenters. The van der Waals surface area contributed by atoms with Gasteiger partial charge in [-0.3, -0.25) is 0 Å². The first-order valence-electron chi connectivity index (χ1n) is 4.97. The molecule has 0 spiro atoms. The van der Waals surface area contributed by atoms with Crippen molar-refractivity contribution < 1.29 is 0 Å². The molecule has 2 N–H and O–H groups in total. The summed E-state index contributed by atoms with van der Waals surface area (Å²) in [7, 11) is 1.86. The number of rotatable bonds is 1. The summed E-state index contributed by atoms with van der Waals surface area (Å²) in [6, 6.07) is 2.10. The molecule has 14 heavy (non-hydrogen) atoms. The molecule has 78 valence electrons. The Labute approximate surface area is 86.1 Å². The molecule has 1 aromatic rings. The van der Waals surface area contributed by atoms with Crippen LogP contribution < -0.4 is 5.73 Å². The lowest BCUT2D eigenvalue weighted by Gasteiger charge is -1.97. The summed E-state index contributed by atoms with van der Waals surface area (Å²) in [4.78, 5) is 0. The topological polar surface area (TPSA) is 54.7 Å². The van der Waals surface area contributed by atoms with E-state index < -0.39 is 0 Å². The minimum atomic E-state index is 0.573. The molecule has 0 saturated carbocycles. The second kappa shape index (κ2) is 5.33. The van der Waals surface area contributed by atoms with Crippen LogP contribution in [0, 0.1) is 18.3 Å². The summed E-state index contributed by atoms with van der Waals surface area (Å²) in [5.74, 6) is 0. The maximum absolute atomic E-state index is 8.78. The van der Waals surface area contributed by atoms with Crippen molar-refractivity contribution in [2.45, 2.75) is 34.1 Å². The number of nitrogen functional groups attached to an aromatic ring is 1. The van der Waals surface area contributed by atoms with Crippen LogP contribution in [0.1, 0.15) is 37.7 Å². The van der Waals surface area contributed by atoms with Crippen molar-refractivity contribution >= 4 is 5.69 Å². The molecule has 0 aliphatic heterocycles. The summed E-state index contributed by atoms with van der Waals surface area (Å²) >= 11 is 0. The molecule has 3 heteroatoms. The minimum Gasteiger partial charge on any atom is -0.396 e. The van der Waals surface area contributed by atoms with Gasteiger partial charge in [0.05, 0.1) is 5.69 Å². The number of hydrogen-bond acceptors (Lipinski definition) is 2. The molecular weight excluding hydrogens is 174 g/mol. The van der Waals surface area contributed by atoms with Crippen LogP contribution in [0.3, 0.4) is 0 Å². The first-order valence-corrected chi connectivity index (χ1v) is 4.97. The maximum atomic E-state index is 8.78. The minimum absolute atomic E-state index is 0.573. The Morgan fingerprint density at radius 1 is 1.43 bits per heavy atom. The predicted octanol–water partition coefficient (Wildman–Crippen LogP) is 2.38. The fourth-order valence-corrected chi connectivity index (χ4v) is 1.47. The lowest BCUT2D eigenvalue weighted by Crippen LogP contribution is -1.95. The largest absolute Gasteiger partial charge is 0.396 e. The molecule has 0 aliphatic rings. The predicted molar refractivity (Wildman–Crippen MR) is 60.0 cm³/mol. The van der Waals surface area contributed by atoms with Crippen molar-refractivity contribution in [2.24, 2.45) is 7.05 Å². The van der Waals surface area contributed by atoms with E-state index >= 15 is 0 Å². The second-order valence-electron chi connectivity index (χ2n) is 2.85. The van der Waals surface area contributed by atoms with Crippen LogP contribution in [0.2, 0.25) is 0 Å². The van der Waals surface area contributed by atoms with Gasteiger partial charge >= 0.3 is 0 Å². The van der Waals surface area contributed by atoms with Gasteiger partial charge < -0.3 is 10.3 Å². The van der Waals surface area contributed by atoms with E-state index in [1.165, 1.54) is 0 Å². The molecule has 0 fully saturated rings. The van der Waals surface area contributed by atoms with Crippen molar-refractivity contribution in [1.29, 1.82) is 5.26 Å². The number of nitrogens with two attached hydrogens (primary N) is 1. The number of nitrogens with zero attached hydrogens (tertiary/aromatic N) is 2. The van der Waals surface area contributed by atoms with E-state index in [2.05, 4.69) is 6.07 Å². The average molecular weight is 193 g/mol. The highest BCUT2D eigenvalue weighted by Gasteiger charge is 2.13. The average Bonchev–Trinajstić information content (AvgIpc) is 2.42. The highest BCUT2D eigenvalue weighted by molar-refractivity contribution is 5.60. The van der Waals surface area contributed by atoms with E-state index in [-0.39, 0.29) is 0 Å². The quantitative estimate of drug-likeness (QED) is 0.744. The van der Waals surface area contributed by atoms with Crippen LogP contribution >= 0.6 is 0 Å². The summed E-state index contributed by atoms with van der Waals surface area (Å²) < 4.78 is 1.84. The number of aromatic nitrogens is 1. The van der Waals surface area contributed by atoms with Gasteiger partial charge in [0.1, 0.15) is 11.8 Å². The lowest BCUT2D eigenvalue weighted by molar-refractivity contribution is 0.856.